The lowest BCUT2D eigenvalue weighted by Crippen LogP contribution is -2.33. The van der Waals surface area contributed by atoms with E-state index in [2.05, 4.69) is 0 Å². The molecule has 2 heterocycles. The number of hydrogen-bond donors (Lipinski definition) is 0. The third kappa shape index (κ3) is 4.60. The molecule has 6 nitrogen and oxygen atoms in total. The maximum atomic E-state index is 12.6. The van der Waals surface area contributed by atoms with E-state index in [1.54, 1.807) is 0 Å². The van der Waals surface area contributed by atoms with Gasteiger partial charge in [-0.25, -0.2) is 4.79 Å². The lowest BCUT2D eigenvalue weighted by atomic mass is 10.1. The molecule has 0 N–H and O–H groups in total. The summed E-state index contributed by atoms with van der Waals surface area (Å²) in [6.07, 6.45) is -1.17. The van der Waals surface area contributed by atoms with Crippen LogP contribution < -0.4 is 0 Å². The van der Waals surface area contributed by atoms with E-state index in [9.17, 15) is 4.79 Å². The number of hydrogen-bond acceptors (Lipinski definition) is 6. The number of carbonyl (C=O) groups is 1. The average Bonchev–Trinajstić information content (AvgIpc) is 3.25. The Hall–Kier alpha value is -2.83. The van der Waals surface area contributed by atoms with Crippen LogP contribution in [0, 0.1) is 0 Å². The minimum absolute atomic E-state index is 0.0862. The van der Waals surface area contributed by atoms with Crippen molar-refractivity contribution in [1.29, 1.82) is 0 Å². The number of benzene rings is 2. The molecule has 2 aliphatic heterocycles. The van der Waals surface area contributed by atoms with Crippen LogP contribution in [-0.2, 0) is 41.7 Å². The second-order valence-electron chi connectivity index (χ2n) is 7.43. The van der Waals surface area contributed by atoms with Gasteiger partial charge < -0.3 is 23.7 Å². The fraction of sp³-hybridized carbons (Fsp3) is 0.348. The summed E-state index contributed by atoms with van der Waals surface area (Å²) in [5.74, 6) is -0.860. The summed E-state index contributed by atoms with van der Waals surface area (Å²) in [4.78, 5) is 12.6. The lowest BCUT2D eigenvalue weighted by molar-refractivity contribution is -0.164. The zero-order chi connectivity index (χ0) is 20.3. The predicted octanol–water partition coefficient (Wildman–Crippen LogP) is 3.71. The quantitative estimate of drug-likeness (QED) is 0.665. The Morgan fingerprint density at radius 2 is 1.52 bits per heavy atom. The van der Waals surface area contributed by atoms with Crippen LogP contribution in [0.3, 0.4) is 0 Å². The van der Waals surface area contributed by atoms with Gasteiger partial charge in [0.1, 0.15) is 19.3 Å². The van der Waals surface area contributed by atoms with Gasteiger partial charge in [0.25, 0.3) is 0 Å². The predicted molar refractivity (Wildman–Crippen MR) is 104 cm³/mol. The fourth-order valence-electron chi connectivity index (χ4n) is 3.30. The molecular formula is C23H24O6. The van der Waals surface area contributed by atoms with Crippen molar-refractivity contribution in [2.45, 2.75) is 45.1 Å². The second-order valence-corrected chi connectivity index (χ2v) is 7.43. The lowest BCUT2D eigenvalue weighted by Gasteiger charge is -2.22. The van der Waals surface area contributed by atoms with Crippen LogP contribution in [0.1, 0.15) is 25.0 Å². The summed E-state index contributed by atoms with van der Waals surface area (Å²) in [6.45, 7) is 4.48. The van der Waals surface area contributed by atoms with Gasteiger partial charge in [-0.2, -0.15) is 0 Å². The molecule has 0 amide bonds. The Morgan fingerprint density at radius 1 is 0.931 bits per heavy atom. The first kappa shape index (κ1) is 19.5. The zero-order valence-corrected chi connectivity index (χ0v) is 16.5. The van der Waals surface area contributed by atoms with Crippen LogP contribution in [0.5, 0.6) is 0 Å². The first-order valence-corrected chi connectivity index (χ1v) is 9.62. The molecule has 6 heteroatoms. The average molecular weight is 396 g/mol. The van der Waals surface area contributed by atoms with E-state index in [1.165, 1.54) is 0 Å². The van der Waals surface area contributed by atoms with Crippen LogP contribution in [0.2, 0.25) is 0 Å². The van der Waals surface area contributed by atoms with Gasteiger partial charge in [-0.3, -0.25) is 0 Å². The summed E-state index contributed by atoms with van der Waals surface area (Å²) in [5, 5.41) is 0. The molecular weight excluding hydrogens is 372 g/mol. The van der Waals surface area contributed by atoms with Crippen molar-refractivity contribution in [1.82, 2.24) is 0 Å². The summed E-state index contributed by atoms with van der Waals surface area (Å²) in [7, 11) is 0. The SMILES string of the molecule is CC1(C)OC[C@@H](C2OC(=O)C(OCc3ccccc3)=C2OCc2ccccc2)O1. The van der Waals surface area contributed by atoms with Gasteiger partial charge >= 0.3 is 5.97 Å². The van der Waals surface area contributed by atoms with Crippen molar-refractivity contribution in [2.24, 2.45) is 0 Å². The van der Waals surface area contributed by atoms with Crippen molar-refractivity contribution in [3.63, 3.8) is 0 Å². The van der Waals surface area contributed by atoms with E-state index in [1.807, 2.05) is 74.5 Å². The molecule has 2 atom stereocenters. The number of rotatable bonds is 7. The highest BCUT2D eigenvalue weighted by Gasteiger charge is 2.48. The van der Waals surface area contributed by atoms with Gasteiger partial charge in [0.15, 0.2) is 17.7 Å². The zero-order valence-electron chi connectivity index (χ0n) is 16.5. The Balaban J connectivity index is 1.55. The molecule has 1 fully saturated rings. The highest BCUT2D eigenvalue weighted by atomic mass is 16.8. The van der Waals surface area contributed by atoms with Crippen molar-refractivity contribution < 1.29 is 28.5 Å². The van der Waals surface area contributed by atoms with Gasteiger partial charge in [0, 0.05) is 0 Å². The number of carbonyl (C=O) groups excluding carboxylic acids is 1. The van der Waals surface area contributed by atoms with Crippen molar-refractivity contribution in [3.8, 4) is 0 Å². The highest BCUT2D eigenvalue weighted by Crippen LogP contribution is 2.34. The van der Waals surface area contributed by atoms with E-state index in [0.717, 1.165) is 11.1 Å². The largest absolute Gasteiger partial charge is 0.485 e. The molecule has 152 valence electrons. The molecule has 0 spiro atoms. The van der Waals surface area contributed by atoms with Crippen molar-refractivity contribution in [2.75, 3.05) is 6.61 Å². The summed E-state index contributed by atoms with van der Waals surface area (Å²) in [5.41, 5.74) is 1.92. The van der Waals surface area contributed by atoms with Crippen LogP contribution >= 0.6 is 0 Å². The van der Waals surface area contributed by atoms with E-state index in [-0.39, 0.29) is 12.4 Å². The van der Waals surface area contributed by atoms with Gasteiger partial charge in [-0.15, -0.1) is 0 Å². The molecule has 4 rings (SSSR count). The molecule has 0 radical (unpaired) electrons. The topological polar surface area (TPSA) is 63.2 Å². The van der Waals surface area contributed by atoms with Gasteiger partial charge in [0.2, 0.25) is 5.76 Å². The van der Waals surface area contributed by atoms with Crippen molar-refractivity contribution >= 4 is 5.97 Å². The van der Waals surface area contributed by atoms with Crippen LogP contribution in [0.25, 0.3) is 0 Å². The molecule has 0 aromatic heterocycles. The van der Waals surface area contributed by atoms with E-state index < -0.39 is 24.0 Å². The second kappa shape index (κ2) is 8.27. The number of ether oxygens (including phenoxy) is 5. The minimum Gasteiger partial charge on any atom is -0.485 e. The monoisotopic (exact) mass is 396 g/mol. The van der Waals surface area contributed by atoms with Crippen LogP contribution in [0.15, 0.2) is 72.2 Å². The van der Waals surface area contributed by atoms with E-state index >= 15 is 0 Å². The van der Waals surface area contributed by atoms with Crippen LogP contribution in [-0.4, -0.2) is 30.6 Å². The maximum absolute atomic E-state index is 12.6. The van der Waals surface area contributed by atoms with E-state index in [0.29, 0.717) is 19.0 Å². The third-order valence-electron chi connectivity index (χ3n) is 4.73. The fourth-order valence-corrected chi connectivity index (χ4v) is 3.30. The molecule has 2 aliphatic rings. The van der Waals surface area contributed by atoms with E-state index in [4.69, 9.17) is 23.7 Å². The molecule has 1 unspecified atom stereocenters. The molecule has 0 bridgehead atoms. The summed E-state index contributed by atoms with van der Waals surface area (Å²) < 4.78 is 29.0. The molecule has 29 heavy (non-hydrogen) atoms. The minimum atomic E-state index is -0.741. The standard InChI is InChI=1S/C23H24O6/c1-23(2)27-15-18(29-23)19-20(25-13-16-9-5-3-6-10-16)21(22(24)28-19)26-14-17-11-7-4-8-12-17/h3-12,18-19H,13-15H2,1-2H3/t18-,19?/m0/s1. The maximum Gasteiger partial charge on any atom is 0.378 e. The first-order valence-electron chi connectivity index (χ1n) is 9.62. The highest BCUT2D eigenvalue weighted by molar-refractivity contribution is 5.89. The number of cyclic esters (lactones) is 1. The van der Waals surface area contributed by atoms with Gasteiger partial charge in [-0.1, -0.05) is 60.7 Å². The smallest absolute Gasteiger partial charge is 0.378 e. The Bertz CT molecular complexity index is 875. The molecule has 0 saturated carbocycles. The molecule has 0 aliphatic carbocycles. The van der Waals surface area contributed by atoms with Crippen LogP contribution in [0.4, 0.5) is 0 Å². The Morgan fingerprint density at radius 3 is 2.07 bits per heavy atom. The summed E-state index contributed by atoms with van der Waals surface area (Å²) >= 11 is 0. The summed E-state index contributed by atoms with van der Waals surface area (Å²) in [6, 6.07) is 19.3. The third-order valence-corrected chi connectivity index (χ3v) is 4.73. The first-order chi connectivity index (χ1) is 14.0. The Labute approximate surface area is 170 Å². The normalized spacial score (nSPS) is 23.2. The number of esters is 1. The molecule has 2 aromatic carbocycles. The molecule has 2 aromatic rings. The van der Waals surface area contributed by atoms with Gasteiger partial charge in [-0.05, 0) is 25.0 Å². The Kier molecular flexibility index (Phi) is 5.56. The van der Waals surface area contributed by atoms with Crippen molar-refractivity contribution in [3.05, 3.63) is 83.3 Å². The molecule has 1 saturated heterocycles. The van der Waals surface area contributed by atoms with Gasteiger partial charge in [0.05, 0.1) is 6.61 Å².